The topological polar surface area (TPSA) is 43.8 Å². The molecule has 2 aromatic heterocycles. The smallest absolute Gasteiger partial charge is 0.0758 e. The number of aryl methyl sites for hydroxylation is 2. The van der Waals surface area contributed by atoms with Crippen LogP contribution in [0.15, 0.2) is 19.7 Å². The Kier molecular flexibility index (Phi) is 4.64. The van der Waals surface area contributed by atoms with Crippen molar-refractivity contribution >= 4 is 43.2 Å². The Labute approximate surface area is 128 Å². The third-order valence-electron chi connectivity index (χ3n) is 2.80. The van der Waals surface area contributed by atoms with Gasteiger partial charge in [-0.15, -0.1) is 11.3 Å². The highest BCUT2D eigenvalue weighted by Crippen LogP contribution is 2.35. The number of hydrogen-bond donors (Lipinski definition) is 1. The molecule has 2 N–H and O–H groups in total. The molecule has 2 rings (SSSR count). The molecule has 6 heteroatoms. The van der Waals surface area contributed by atoms with Crippen LogP contribution in [0.5, 0.6) is 0 Å². The molecule has 0 amide bonds. The zero-order chi connectivity index (χ0) is 13.3. The number of nitrogens with two attached hydrogens (primary N) is 1. The molecule has 0 spiro atoms. The Morgan fingerprint density at radius 1 is 1.44 bits per heavy atom. The average Bonchev–Trinajstić information content (AvgIpc) is 2.81. The minimum atomic E-state index is -0.0108. The second-order valence-corrected chi connectivity index (χ2v) is 7.93. The van der Waals surface area contributed by atoms with Gasteiger partial charge in [0.05, 0.1) is 13.3 Å². The predicted octanol–water partition coefficient (Wildman–Crippen LogP) is 4.04. The summed E-state index contributed by atoms with van der Waals surface area (Å²) in [6.07, 6.45) is 0.802. The van der Waals surface area contributed by atoms with Crippen molar-refractivity contribution in [3.63, 3.8) is 0 Å². The van der Waals surface area contributed by atoms with E-state index in [1.807, 2.05) is 11.6 Å². The molecule has 0 aromatic carbocycles. The monoisotopic (exact) mass is 391 g/mol. The maximum Gasteiger partial charge on any atom is 0.0758 e. The molecule has 0 bridgehead atoms. The van der Waals surface area contributed by atoms with Crippen molar-refractivity contribution < 1.29 is 0 Å². The van der Waals surface area contributed by atoms with Crippen molar-refractivity contribution in [2.24, 2.45) is 5.73 Å². The van der Waals surface area contributed by atoms with Crippen LogP contribution in [0, 0.1) is 6.92 Å². The minimum Gasteiger partial charge on any atom is -0.324 e. The zero-order valence-corrected chi connectivity index (χ0v) is 14.3. The second kappa shape index (κ2) is 5.86. The molecule has 1 atom stereocenters. The summed E-state index contributed by atoms with van der Waals surface area (Å²) in [6, 6.07) is 4.18. The third kappa shape index (κ3) is 3.04. The van der Waals surface area contributed by atoms with Gasteiger partial charge in [0.2, 0.25) is 0 Å². The van der Waals surface area contributed by atoms with Gasteiger partial charge in [-0.2, -0.15) is 5.10 Å². The van der Waals surface area contributed by atoms with E-state index in [4.69, 9.17) is 5.73 Å². The number of nitrogens with zero attached hydrogens (tertiary/aromatic N) is 2. The molecule has 98 valence electrons. The average molecular weight is 393 g/mol. The van der Waals surface area contributed by atoms with Crippen LogP contribution in [0.1, 0.15) is 29.9 Å². The normalized spacial score (nSPS) is 12.9. The lowest BCUT2D eigenvalue weighted by atomic mass is 10.1. The van der Waals surface area contributed by atoms with Gasteiger partial charge in [-0.05, 0) is 63.4 Å². The lowest BCUT2D eigenvalue weighted by Crippen LogP contribution is -2.15. The van der Waals surface area contributed by atoms with Crippen LogP contribution in [0.25, 0.3) is 0 Å². The van der Waals surface area contributed by atoms with Gasteiger partial charge in [0.1, 0.15) is 0 Å². The van der Waals surface area contributed by atoms with Gasteiger partial charge in [-0.1, -0.05) is 0 Å². The van der Waals surface area contributed by atoms with Gasteiger partial charge in [-0.25, -0.2) is 0 Å². The first kappa shape index (κ1) is 14.2. The Morgan fingerprint density at radius 3 is 2.72 bits per heavy atom. The van der Waals surface area contributed by atoms with Crippen LogP contribution >= 0.6 is 43.2 Å². The molecular formula is C12H15Br2N3S. The summed E-state index contributed by atoms with van der Waals surface area (Å²) in [5, 5.41) is 4.45. The minimum absolute atomic E-state index is 0.0108. The van der Waals surface area contributed by atoms with E-state index in [0.717, 1.165) is 31.8 Å². The summed E-state index contributed by atoms with van der Waals surface area (Å²) in [4.78, 5) is 0. The molecule has 2 aromatic rings. The second-order valence-electron chi connectivity index (χ2n) is 4.18. The molecule has 0 aliphatic rings. The standard InChI is InChI=1S/C12H15Br2N3S/c1-3-17-8(4-7(2)16-17)5-10(15)9-6-11(13)18-12(9)14/h4,6,10H,3,5,15H2,1-2H3. The van der Waals surface area contributed by atoms with Crippen LogP contribution in [-0.4, -0.2) is 9.78 Å². The molecule has 0 radical (unpaired) electrons. The van der Waals surface area contributed by atoms with Crippen LogP contribution in [0.4, 0.5) is 0 Å². The third-order valence-corrected chi connectivity index (χ3v) is 5.18. The highest BCUT2D eigenvalue weighted by atomic mass is 79.9. The summed E-state index contributed by atoms with van der Waals surface area (Å²) in [5.41, 5.74) is 9.67. The van der Waals surface area contributed by atoms with Gasteiger partial charge < -0.3 is 5.73 Å². The van der Waals surface area contributed by atoms with Crippen molar-refractivity contribution in [1.29, 1.82) is 0 Å². The van der Waals surface area contributed by atoms with Crippen molar-refractivity contribution in [3.05, 3.63) is 36.7 Å². The highest BCUT2D eigenvalue weighted by Gasteiger charge is 2.16. The molecule has 2 heterocycles. The highest BCUT2D eigenvalue weighted by molar-refractivity contribution is 9.12. The Bertz CT molecular complexity index is 548. The molecule has 1 unspecified atom stereocenters. The van der Waals surface area contributed by atoms with E-state index in [9.17, 15) is 0 Å². The number of thiophene rings is 1. The Balaban J connectivity index is 2.20. The molecular weight excluding hydrogens is 378 g/mol. The zero-order valence-electron chi connectivity index (χ0n) is 10.3. The van der Waals surface area contributed by atoms with Crippen molar-refractivity contribution in [2.75, 3.05) is 0 Å². The predicted molar refractivity (Wildman–Crippen MR) is 83.0 cm³/mol. The molecule has 0 fully saturated rings. The summed E-state index contributed by atoms with van der Waals surface area (Å²) >= 11 is 8.70. The van der Waals surface area contributed by atoms with Crippen molar-refractivity contribution in [3.8, 4) is 0 Å². The molecule has 0 aliphatic carbocycles. The fourth-order valence-electron chi connectivity index (χ4n) is 1.98. The van der Waals surface area contributed by atoms with E-state index < -0.39 is 0 Å². The molecule has 0 aliphatic heterocycles. The fraction of sp³-hybridized carbons (Fsp3) is 0.417. The van der Waals surface area contributed by atoms with E-state index in [1.54, 1.807) is 11.3 Å². The SMILES string of the molecule is CCn1nc(C)cc1CC(N)c1cc(Br)sc1Br. The van der Waals surface area contributed by atoms with Crippen molar-refractivity contribution in [1.82, 2.24) is 9.78 Å². The van der Waals surface area contributed by atoms with Crippen LogP contribution in [0.2, 0.25) is 0 Å². The van der Waals surface area contributed by atoms with Crippen LogP contribution in [-0.2, 0) is 13.0 Å². The van der Waals surface area contributed by atoms with Gasteiger partial charge in [0.25, 0.3) is 0 Å². The van der Waals surface area contributed by atoms with E-state index in [-0.39, 0.29) is 6.04 Å². The molecule has 3 nitrogen and oxygen atoms in total. The molecule has 18 heavy (non-hydrogen) atoms. The van der Waals surface area contributed by atoms with Gasteiger partial charge in [-0.3, -0.25) is 4.68 Å². The summed E-state index contributed by atoms with van der Waals surface area (Å²) in [7, 11) is 0. The lowest BCUT2D eigenvalue weighted by molar-refractivity contribution is 0.587. The maximum absolute atomic E-state index is 6.29. The van der Waals surface area contributed by atoms with Crippen LogP contribution < -0.4 is 5.73 Å². The number of hydrogen-bond acceptors (Lipinski definition) is 3. The van der Waals surface area contributed by atoms with E-state index in [2.05, 4.69) is 56.0 Å². The first-order valence-corrected chi connectivity index (χ1v) is 8.15. The first-order chi connectivity index (χ1) is 8.51. The van der Waals surface area contributed by atoms with E-state index >= 15 is 0 Å². The van der Waals surface area contributed by atoms with Crippen molar-refractivity contribution in [2.45, 2.75) is 32.9 Å². The maximum atomic E-state index is 6.29. The van der Waals surface area contributed by atoms with Gasteiger partial charge >= 0.3 is 0 Å². The largest absolute Gasteiger partial charge is 0.324 e. The molecule has 0 saturated heterocycles. The number of halogens is 2. The Hall–Kier alpha value is -0.170. The summed E-state index contributed by atoms with van der Waals surface area (Å²) in [6.45, 7) is 4.99. The summed E-state index contributed by atoms with van der Waals surface area (Å²) < 4.78 is 4.21. The van der Waals surface area contributed by atoms with Gasteiger partial charge in [0.15, 0.2) is 0 Å². The number of rotatable bonds is 4. The van der Waals surface area contributed by atoms with Gasteiger partial charge in [0, 0.05) is 24.7 Å². The quantitative estimate of drug-likeness (QED) is 0.853. The van der Waals surface area contributed by atoms with E-state index in [0.29, 0.717) is 0 Å². The van der Waals surface area contributed by atoms with E-state index in [1.165, 1.54) is 5.69 Å². The lowest BCUT2D eigenvalue weighted by Gasteiger charge is -2.11. The summed E-state index contributed by atoms with van der Waals surface area (Å²) in [5.74, 6) is 0. The fourth-order valence-corrected chi connectivity index (χ4v) is 4.98. The molecule has 0 saturated carbocycles. The van der Waals surface area contributed by atoms with Crippen LogP contribution in [0.3, 0.4) is 0 Å². The number of aromatic nitrogens is 2. The Morgan fingerprint density at radius 2 is 2.17 bits per heavy atom. The first-order valence-electron chi connectivity index (χ1n) is 5.75.